The minimum atomic E-state index is -1.18. The first kappa shape index (κ1) is 47.4. The Kier molecular flexibility index (Phi) is 14.5. The Morgan fingerprint density at radius 3 is 2.60 bits per heavy atom. The zero-order valence-electron chi connectivity index (χ0n) is 40.0. The topological polar surface area (TPSA) is 166 Å². The molecule has 4 aliphatic carbocycles. The molecule has 4 fully saturated rings. The quantitative estimate of drug-likeness (QED) is 0.0838. The van der Waals surface area contributed by atoms with Crippen molar-refractivity contribution in [2.75, 3.05) is 33.3 Å². The summed E-state index contributed by atoms with van der Waals surface area (Å²) in [6, 6.07) is 18.8. The van der Waals surface area contributed by atoms with Crippen LogP contribution in [0.15, 0.2) is 77.6 Å². The van der Waals surface area contributed by atoms with E-state index in [0.717, 1.165) is 84.8 Å². The van der Waals surface area contributed by atoms with Crippen molar-refractivity contribution in [2.24, 2.45) is 46.7 Å². The molecule has 12 atom stereocenters. The molecule has 3 aromatic rings. The summed E-state index contributed by atoms with van der Waals surface area (Å²) in [7, 11) is 1.53. The molecule has 3 saturated carbocycles. The van der Waals surface area contributed by atoms with Crippen molar-refractivity contribution in [3.63, 3.8) is 0 Å². The number of piperidine rings is 1. The molecule has 6 aliphatic rings. The number of benzene rings is 3. The number of phenolic OH excluding ortho intramolecular Hbond substituents is 1. The third-order valence-electron chi connectivity index (χ3n) is 17.4. The number of allylic oxidation sites excluding steroid dienone is 2. The molecule has 10 nitrogen and oxygen atoms in total. The number of carbonyl (C=O) groups excluding carboxylic acids is 2. The molecule has 0 radical (unpaired) electrons. The number of nitrogens with one attached hydrogen (secondary N) is 3. The number of aromatic hydroxyl groups is 1. The van der Waals surface area contributed by atoms with Crippen LogP contribution in [-0.2, 0) is 16.0 Å². The SMILES string of the molecule is CCNC[C@H]1C[C@H]2[C@H](CN[C@@H]3CC(=O)CC[C@H]23)C[C@@H]1[C@H]1CC[C@@]2(C#C[C@H](CC[C@H](O)C[C@@H](C3=C(CC)CNC(N)=C3)c3ccc4ccccc4c3)c3cc(O)c(OC)cc3CCC2=O)[C@H](O)C1. The highest BCUT2D eigenvalue weighted by molar-refractivity contribution is 5.89. The molecule has 0 unspecified atom stereocenters. The lowest BCUT2D eigenvalue weighted by molar-refractivity contribution is -0.136. The fourth-order valence-corrected chi connectivity index (χ4v) is 13.8. The van der Waals surface area contributed by atoms with Gasteiger partial charge in [0, 0.05) is 43.7 Å². The number of rotatable bonds is 13. The first-order valence-electron chi connectivity index (χ1n) is 25.7. The zero-order valence-corrected chi connectivity index (χ0v) is 40.0. The fraction of sp³-hybridized carbons (Fsp3) is 0.579. The van der Waals surface area contributed by atoms with Crippen LogP contribution in [-0.4, -0.2) is 78.4 Å². The van der Waals surface area contributed by atoms with Crippen LogP contribution in [0.5, 0.6) is 11.5 Å². The van der Waals surface area contributed by atoms with Gasteiger partial charge in [0.05, 0.1) is 25.1 Å². The van der Waals surface area contributed by atoms with Crippen LogP contribution in [0.25, 0.3) is 10.8 Å². The van der Waals surface area contributed by atoms with Crippen LogP contribution in [0.2, 0.25) is 0 Å². The number of dihydropyridines is 1. The predicted molar refractivity (Wildman–Crippen MR) is 264 cm³/mol. The molecule has 2 heterocycles. The molecule has 2 aliphatic heterocycles. The van der Waals surface area contributed by atoms with Crippen molar-refractivity contribution in [1.29, 1.82) is 0 Å². The van der Waals surface area contributed by atoms with E-state index in [9.17, 15) is 24.9 Å². The van der Waals surface area contributed by atoms with Crippen molar-refractivity contribution in [1.82, 2.24) is 16.0 Å². The first-order chi connectivity index (χ1) is 32.5. The molecule has 8 N–H and O–H groups in total. The second-order valence-electron chi connectivity index (χ2n) is 21.1. The summed E-state index contributed by atoms with van der Waals surface area (Å²) in [6.45, 7) is 7.82. The lowest BCUT2D eigenvalue weighted by Crippen LogP contribution is -2.57. The van der Waals surface area contributed by atoms with Gasteiger partial charge in [0.25, 0.3) is 0 Å². The van der Waals surface area contributed by atoms with Crippen molar-refractivity contribution in [2.45, 2.75) is 134 Å². The highest BCUT2D eigenvalue weighted by atomic mass is 16.5. The number of methoxy groups -OCH3 is 1. The Labute approximate surface area is 398 Å². The average molecular weight is 911 g/mol. The lowest BCUT2D eigenvalue weighted by Gasteiger charge is -2.54. The number of ether oxygens (including phenoxy) is 1. The molecule has 3 aromatic carbocycles. The van der Waals surface area contributed by atoms with Gasteiger partial charge in [-0.05, 0) is 183 Å². The highest BCUT2D eigenvalue weighted by Crippen LogP contribution is 2.53. The third-order valence-corrected chi connectivity index (χ3v) is 17.4. The van der Waals surface area contributed by atoms with E-state index in [1.165, 1.54) is 12.7 Å². The standard InChI is InChI=1S/C57H74N4O6/c1-4-34-32-61-56(58)30-50(34)49(38-11-10-35-8-6-7-9-37(35)22-38)27-43(62)14-12-36-18-20-57(54(65)17-13-39-25-53(67-3)52(64)29-47(36)39)21-19-40(26-55(57)66)46-23-42-33-60-51-28-44(63)15-16-45(51)48(42)24-41(46)31-59-5-2/h6-11,22,25,29-30,36,40-43,45-46,48-49,51,55,59-62,64,66H,4-5,12-17,19,21,23-24,26-28,31-33,58H2,1-3H3/t36-,40-,41+,42-,43-,45+,46+,48-,49+,51+,55+,57+/m0/s1. The molecule has 9 rings (SSSR count). The van der Waals surface area contributed by atoms with Crippen molar-refractivity contribution >= 4 is 22.3 Å². The molecule has 1 spiro atoms. The summed E-state index contributed by atoms with van der Waals surface area (Å²) in [5.41, 5.74) is 10.5. The number of carbonyl (C=O) groups is 2. The van der Waals surface area contributed by atoms with Gasteiger partial charge < -0.3 is 41.7 Å². The normalized spacial score (nSPS) is 31.7. The molecule has 1 saturated heterocycles. The van der Waals surface area contributed by atoms with Gasteiger partial charge in [-0.15, -0.1) is 0 Å². The number of aryl methyl sites for hydroxylation is 1. The van der Waals surface area contributed by atoms with Gasteiger partial charge in [-0.3, -0.25) is 9.59 Å². The molecule has 67 heavy (non-hydrogen) atoms. The molecular weight excluding hydrogens is 837 g/mol. The third kappa shape index (κ3) is 9.82. The minimum Gasteiger partial charge on any atom is -0.504 e. The van der Waals surface area contributed by atoms with E-state index in [4.69, 9.17) is 10.5 Å². The van der Waals surface area contributed by atoms with Gasteiger partial charge in [-0.25, -0.2) is 0 Å². The van der Waals surface area contributed by atoms with Crippen LogP contribution in [0.4, 0.5) is 0 Å². The van der Waals surface area contributed by atoms with E-state index in [1.54, 1.807) is 6.07 Å². The van der Waals surface area contributed by atoms with Gasteiger partial charge in [0.1, 0.15) is 11.2 Å². The number of nitrogens with two attached hydrogens (primary N) is 1. The van der Waals surface area contributed by atoms with Gasteiger partial charge in [-0.2, -0.15) is 0 Å². The summed E-state index contributed by atoms with van der Waals surface area (Å²) in [4.78, 5) is 27.1. The second kappa shape index (κ2) is 20.5. The monoisotopic (exact) mass is 911 g/mol. The Hall–Kier alpha value is -4.66. The molecule has 0 bridgehead atoms. The van der Waals surface area contributed by atoms with Crippen LogP contribution < -0.4 is 26.4 Å². The number of aliphatic hydroxyl groups is 2. The lowest BCUT2D eigenvalue weighted by atomic mass is 9.54. The van der Waals surface area contributed by atoms with Crippen LogP contribution in [0, 0.1) is 52.8 Å². The largest absolute Gasteiger partial charge is 0.504 e. The van der Waals surface area contributed by atoms with Gasteiger partial charge in [0.15, 0.2) is 17.3 Å². The maximum absolute atomic E-state index is 14.7. The Balaban J connectivity index is 0.972. The summed E-state index contributed by atoms with van der Waals surface area (Å²) in [6.07, 6.45) is 9.93. The van der Waals surface area contributed by atoms with E-state index >= 15 is 0 Å². The van der Waals surface area contributed by atoms with E-state index < -0.39 is 23.5 Å². The van der Waals surface area contributed by atoms with Crippen LogP contribution in [0.3, 0.4) is 0 Å². The van der Waals surface area contributed by atoms with Gasteiger partial charge in [0.2, 0.25) is 0 Å². The molecule has 358 valence electrons. The summed E-state index contributed by atoms with van der Waals surface area (Å²) in [5, 5.41) is 48.8. The number of Topliss-reactive ketones (excluding diaryl/α,β-unsaturated/α-hetero) is 2. The van der Waals surface area contributed by atoms with Gasteiger partial charge >= 0.3 is 0 Å². The van der Waals surface area contributed by atoms with Crippen molar-refractivity contribution in [3.05, 3.63) is 94.3 Å². The maximum Gasteiger partial charge on any atom is 0.160 e. The number of aliphatic hydroxyl groups excluding tert-OH is 2. The number of hydrogen-bond acceptors (Lipinski definition) is 10. The first-order valence-corrected chi connectivity index (χ1v) is 25.7. The number of phenols is 1. The van der Waals surface area contributed by atoms with Crippen LogP contribution >= 0.6 is 0 Å². The van der Waals surface area contributed by atoms with Crippen molar-refractivity contribution in [3.8, 4) is 23.3 Å². The fourth-order valence-electron chi connectivity index (χ4n) is 13.8. The number of fused-ring (bicyclic) bond motifs is 5. The molecule has 0 amide bonds. The van der Waals surface area contributed by atoms with Gasteiger partial charge in [-0.1, -0.05) is 68.2 Å². The Morgan fingerprint density at radius 1 is 0.970 bits per heavy atom. The van der Waals surface area contributed by atoms with E-state index in [2.05, 4.69) is 78.0 Å². The molecule has 0 aromatic heterocycles. The summed E-state index contributed by atoms with van der Waals surface area (Å²) >= 11 is 0. The average Bonchev–Trinajstić information content (AvgIpc) is 3.38. The predicted octanol–water partition coefficient (Wildman–Crippen LogP) is 7.94. The zero-order chi connectivity index (χ0) is 46.8. The number of ketones is 2. The minimum absolute atomic E-state index is 0.0144. The maximum atomic E-state index is 14.7. The summed E-state index contributed by atoms with van der Waals surface area (Å²) in [5.74, 6) is 10.9. The van der Waals surface area contributed by atoms with E-state index in [0.29, 0.717) is 111 Å². The molecule has 10 heteroatoms. The van der Waals surface area contributed by atoms with Crippen LogP contribution in [0.1, 0.15) is 126 Å². The smallest absolute Gasteiger partial charge is 0.160 e. The second-order valence-corrected chi connectivity index (χ2v) is 21.1. The number of hydrogen-bond donors (Lipinski definition) is 7. The summed E-state index contributed by atoms with van der Waals surface area (Å²) < 4.78 is 5.57. The Bertz CT molecular complexity index is 2430. The van der Waals surface area contributed by atoms with E-state index in [-0.39, 0.29) is 29.8 Å². The molecular formula is C57H74N4O6. The van der Waals surface area contributed by atoms with E-state index in [1.807, 2.05) is 18.2 Å². The Morgan fingerprint density at radius 2 is 1.81 bits per heavy atom. The van der Waals surface area contributed by atoms with Crippen molar-refractivity contribution < 1.29 is 29.6 Å². The highest BCUT2D eigenvalue weighted by Gasteiger charge is 2.53.